The van der Waals surface area contributed by atoms with Crippen LogP contribution in [0.1, 0.15) is 37.3 Å². The molecule has 3 N–H and O–H groups in total. The van der Waals surface area contributed by atoms with Crippen LogP contribution >= 0.6 is 11.3 Å². The number of carbonyl (C=O) groups is 1. The topological polar surface area (TPSA) is 112 Å². The number of hydrogen-bond donors (Lipinski definition) is 3. The Bertz CT molecular complexity index is 871. The summed E-state index contributed by atoms with van der Waals surface area (Å²) in [5, 5.41) is 13.2. The average molecular weight is 347 g/mol. The summed E-state index contributed by atoms with van der Waals surface area (Å²) in [6, 6.07) is 9.28. The number of aromatic amines is 1. The molecule has 2 aromatic rings. The molecule has 126 valence electrons. The highest BCUT2D eigenvalue weighted by Gasteiger charge is 2.19. The Balaban J connectivity index is 2.22. The smallest absolute Gasteiger partial charge is 0.310 e. The molecular weight excluding hydrogens is 330 g/mol. The van der Waals surface area contributed by atoms with Gasteiger partial charge in [-0.15, -0.1) is 0 Å². The summed E-state index contributed by atoms with van der Waals surface area (Å²) in [6.45, 7) is 3.35. The van der Waals surface area contributed by atoms with E-state index in [0.717, 1.165) is 5.56 Å². The lowest BCUT2D eigenvalue weighted by Crippen LogP contribution is -2.28. The Morgan fingerprint density at radius 2 is 2.00 bits per heavy atom. The molecule has 1 heterocycles. The lowest BCUT2D eigenvalue weighted by molar-refractivity contribution is -0.122. The van der Waals surface area contributed by atoms with E-state index < -0.39 is 15.5 Å². The highest BCUT2D eigenvalue weighted by molar-refractivity contribution is 7.11. The molecule has 1 aromatic heterocycles. The van der Waals surface area contributed by atoms with Crippen LogP contribution < -0.4 is 15.9 Å². The highest BCUT2D eigenvalue weighted by Crippen LogP contribution is 2.19. The van der Waals surface area contributed by atoms with E-state index >= 15 is 0 Å². The van der Waals surface area contributed by atoms with E-state index in [9.17, 15) is 19.5 Å². The van der Waals surface area contributed by atoms with Crippen molar-refractivity contribution in [3.63, 3.8) is 0 Å². The van der Waals surface area contributed by atoms with E-state index in [4.69, 9.17) is 0 Å². The standard InChI is InChI=1S/C16H17N3O4S/c1-3-11(10-7-5-4-6-8-10)13(20)19-18-9(2)12-14(21)17-16(23)24-15(12)22/h4-8,11,22H,3H2,1-2H3,(H,19,20)(H,17,21,23). The van der Waals surface area contributed by atoms with Crippen LogP contribution in [0.15, 0.2) is 45.0 Å². The third-order valence-corrected chi connectivity index (χ3v) is 4.15. The van der Waals surface area contributed by atoms with Gasteiger partial charge in [0, 0.05) is 0 Å². The first-order chi connectivity index (χ1) is 11.4. The van der Waals surface area contributed by atoms with Crippen LogP contribution in [0, 0.1) is 0 Å². The van der Waals surface area contributed by atoms with Crippen LogP contribution in [0.3, 0.4) is 0 Å². The van der Waals surface area contributed by atoms with Crippen molar-refractivity contribution in [2.24, 2.45) is 5.10 Å². The van der Waals surface area contributed by atoms with Crippen LogP contribution in [-0.4, -0.2) is 21.7 Å². The van der Waals surface area contributed by atoms with Crippen LogP contribution in [0.2, 0.25) is 0 Å². The van der Waals surface area contributed by atoms with E-state index in [1.54, 1.807) is 0 Å². The summed E-state index contributed by atoms with van der Waals surface area (Å²) in [4.78, 5) is 36.6. The number of H-pyrrole nitrogens is 1. The minimum Gasteiger partial charge on any atom is -0.499 e. The second-order valence-electron chi connectivity index (χ2n) is 5.07. The fourth-order valence-corrected chi connectivity index (χ4v) is 2.93. The zero-order valence-electron chi connectivity index (χ0n) is 13.2. The molecule has 1 unspecified atom stereocenters. The molecule has 0 aliphatic heterocycles. The molecule has 0 bridgehead atoms. The molecule has 1 atom stereocenters. The van der Waals surface area contributed by atoms with E-state index in [1.165, 1.54) is 6.92 Å². The van der Waals surface area contributed by atoms with Crippen LogP contribution in [0.4, 0.5) is 0 Å². The number of amides is 1. The number of nitrogens with zero attached hydrogens (tertiary/aromatic N) is 1. The van der Waals surface area contributed by atoms with E-state index in [0.29, 0.717) is 17.8 Å². The van der Waals surface area contributed by atoms with E-state index in [1.807, 2.05) is 37.3 Å². The van der Waals surface area contributed by atoms with Crippen molar-refractivity contribution in [1.29, 1.82) is 0 Å². The Morgan fingerprint density at radius 1 is 1.33 bits per heavy atom. The monoisotopic (exact) mass is 347 g/mol. The van der Waals surface area contributed by atoms with Crippen molar-refractivity contribution >= 4 is 23.0 Å². The number of aromatic nitrogens is 1. The zero-order valence-corrected chi connectivity index (χ0v) is 14.0. The average Bonchev–Trinajstić information content (AvgIpc) is 2.53. The molecule has 8 heteroatoms. The summed E-state index contributed by atoms with van der Waals surface area (Å²) in [6.07, 6.45) is 0.587. The van der Waals surface area contributed by atoms with Gasteiger partial charge in [-0.05, 0) is 30.2 Å². The van der Waals surface area contributed by atoms with Crippen molar-refractivity contribution in [3.8, 4) is 5.06 Å². The van der Waals surface area contributed by atoms with E-state index in [2.05, 4.69) is 15.5 Å². The molecule has 7 nitrogen and oxygen atoms in total. The van der Waals surface area contributed by atoms with Gasteiger partial charge in [-0.2, -0.15) is 5.10 Å². The predicted octanol–water partition coefficient (Wildman–Crippen LogP) is 1.54. The lowest BCUT2D eigenvalue weighted by Gasteiger charge is -2.13. The Morgan fingerprint density at radius 3 is 2.58 bits per heavy atom. The SMILES string of the molecule is CCC(C(=O)NN=C(C)c1c(O)sc(=O)[nH]c1=O)c1ccccc1. The lowest BCUT2D eigenvalue weighted by atomic mass is 9.96. The fourth-order valence-electron chi connectivity index (χ4n) is 2.27. The number of nitrogens with one attached hydrogen (secondary N) is 2. The van der Waals surface area contributed by atoms with Gasteiger partial charge >= 0.3 is 4.87 Å². The van der Waals surface area contributed by atoms with Crippen LogP contribution in [0.5, 0.6) is 5.06 Å². The first-order valence-corrected chi connectivity index (χ1v) is 8.11. The molecule has 2 rings (SSSR count). The number of carbonyl (C=O) groups excluding carboxylic acids is 1. The predicted molar refractivity (Wildman–Crippen MR) is 92.7 cm³/mol. The molecular formula is C16H17N3O4S. The fraction of sp³-hybridized carbons (Fsp3) is 0.250. The molecule has 0 fully saturated rings. The van der Waals surface area contributed by atoms with Crippen molar-refractivity contribution < 1.29 is 9.90 Å². The van der Waals surface area contributed by atoms with Gasteiger partial charge in [-0.3, -0.25) is 19.4 Å². The third-order valence-electron chi connectivity index (χ3n) is 3.47. The zero-order chi connectivity index (χ0) is 17.7. The van der Waals surface area contributed by atoms with Crippen molar-refractivity contribution in [2.75, 3.05) is 0 Å². The second-order valence-corrected chi connectivity index (χ2v) is 6.03. The molecule has 0 spiro atoms. The van der Waals surface area contributed by atoms with Crippen LogP contribution in [-0.2, 0) is 4.79 Å². The van der Waals surface area contributed by atoms with Gasteiger partial charge in [0.05, 0.1) is 11.6 Å². The first-order valence-electron chi connectivity index (χ1n) is 7.29. The Kier molecular flexibility index (Phi) is 5.64. The molecule has 24 heavy (non-hydrogen) atoms. The molecule has 1 aromatic carbocycles. The minimum atomic E-state index is -0.748. The number of hydrazone groups is 1. The number of benzene rings is 1. The second kappa shape index (κ2) is 7.69. The highest BCUT2D eigenvalue weighted by atomic mass is 32.1. The molecule has 0 aliphatic rings. The largest absolute Gasteiger partial charge is 0.499 e. The number of aromatic hydroxyl groups is 1. The maximum Gasteiger partial charge on any atom is 0.310 e. The number of rotatable bonds is 5. The molecule has 0 radical (unpaired) electrons. The van der Waals surface area contributed by atoms with E-state index in [-0.39, 0.29) is 23.1 Å². The van der Waals surface area contributed by atoms with Gasteiger partial charge in [-0.25, -0.2) is 5.43 Å². The molecule has 0 saturated carbocycles. The summed E-state index contributed by atoms with van der Waals surface area (Å²) in [5.41, 5.74) is 2.51. The van der Waals surface area contributed by atoms with Crippen molar-refractivity contribution in [1.82, 2.24) is 10.4 Å². The minimum absolute atomic E-state index is 0.112. The van der Waals surface area contributed by atoms with Crippen molar-refractivity contribution in [2.45, 2.75) is 26.2 Å². The summed E-state index contributed by atoms with van der Waals surface area (Å²) < 4.78 is 0. The molecule has 0 aliphatic carbocycles. The summed E-state index contributed by atoms with van der Waals surface area (Å²) in [7, 11) is 0. The summed E-state index contributed by atoms with van der Waals surface area (Å²) in [5.74, 6) is -0.690. The van der Waals surface area contributed by atoms with Gasteiger partial charge in [0.15, 0.2) is 5.06 Å². The van der Waals surface area contributed by atoms with Gasteiger partial charge in [-0.1, -0.05) is 37.3 Å². The third kappa shape index (κ3) is 3.96. The quantitative estimate of drug-likeness (QED) is 0.562. The van der Waals surface area contributed by atoms with Gasteiger partial charge < -0.3 is 5.11 Å². The summed E-state index contributed by atoms with van der Waals surface area (Å²) >= 11 is 0.494. The number of hydrogen-bond acceptors (Lipinski definition) is 6. The van der Waals surface area contributed by atoms with Crippen molar-refractivity contribution in [3.05, 3.63) is 61.5 Å². The molecule has 1 amide bonds. The van der Waals surface area contributed by atoms with Gasteiger partial charge in [0.1, 0.15) is 5.56 Å². The van der Waals surface area contributed by atoms with Gasteiger partial charge in [0.25, 0.3) is 5.56 Å². The Labute approximate surface area is 141 Å². The first kappa shape index (κ1) is 17.6. The normalized spacial score (nSPS) is 12.7. The Hall–Kier alpha value is -2.74. The molecule has 0 saturated heterocycles. The maximum absolute atomic E-state index is 12.3. The maximum atomic E-state index is 12.3. The van der Waals surface area contributed by atoms with Gasteiger partial charge in [0.2, 0.25) is 5.91 Å². The van der Waals surface area contributed by atoms with Crippen LogP contribution in [0.25, 0.3) is 0 Å².